The molecule has 3 rings (SSSR count). The lowest BCUT2D eigenvalue weighted by Crippen LogP contribution is -2.12. The van der Waals surface area contributed by atoms with Gasteiger partial charge >= 0.3 is 6.18 Å². The van der Waals surface area contributed by atoms with Crippen molar-refractivity contribution in [1.82, 2.24) is 4.98 Å². The minimum atomic E-state index is -4.58. The number of nitrogens with one attached hydrogen (secondary N) is 1. The molecule has 0 aliphatic carbocycles. The number of rotatable bonds is 3. The summed E-state index contributed by atoms with van der Waals surface area (Å²) in [6.45, 7) is 2.92. The number of anilines is 2. The first-order valence-corrected chi connectivity index (χ1v) is 8.58. The van der Waals surface area contributed by atoms with Gasteiger partial charge in [-0.05, 0) is 49.7 Å². The Morgan fingerprint density at radius 3 is 2.37 bits per heavy atom. The number of ketones is 1. The topological polar surface area (TPSA) is 85.1 Å². The monoisotopic (exact) mass is 393 g/mol. The highest BCUT2D eigenvalue weighted by Gasteiger charge is 2.34. The van der Waals surface area contributed by atoms with Crippen molar-refractivity contribution >= 4 is 44.6 Å². The summed E-state index contributed by atoms with van der Waals surface area (Å²) in [5.41, 5.74) is 6.29. The molecule has 1 aromatic carbocycles. The van der Waals surface area contributed by atoms with Crippen molar-refractivity contribution in [1.29, 1.82) is 0 Å². The summed E-state index contributed by atoms with van der Waals surface area (Å²) < 4.78 is 38.8. The largest absolute Gasteiger partial charge is 0.433 e. The van der Waals surface area contributed by atoms with Gasteiger partial charge < -0.3 is 11.1 Å². The van der Waals surface area contributed by atoms with Crippen LogP contribution in [0.3, 0.4) is 0 Å². The number of nitrogens with two attached hydrogens (primary N) is 1. The number of halogens is 3. The number of aromatic nitrogens is 1. The Hall–Kier alpha value is -2.94. The van der Waals surface area contributed by atoms with E-state index in [1.807, 2.05) is 0 Å². The van der Waals surface area contributed by atoms with E-state index in [0.29, 0.717) is 22.2 Å². The summed E-state index contributed by atoms with van der Waals surface area (Å²) in [4.78, 5) is 27.5. The quantitative estimate of drug-likeness (QED) is 0.634. The van der Waals surface area contributed by atoms with Crippen molar-refractivity contribution in [3.63, 3.8) is 0 Å². The number of benzene rings is 1. The van der Waals surface area contributed by atoms with E-state index in [9.17, 15) is 22.8 Å². The molecule has 1 amide bonds. The first-order valence-electron chi connectivity index (χ1n) is 7.77. The number of nitrogens with zero attached hydrogens (tertiary/aromatic N) is 1. The number of carbonyl (C=O) groups excluding carboxylic acids is 2. The minimum absolute atomic E-state index is 0.0527. The molecule has 0 aliphatic heterocycles. The van der Waals surface area contributed by atoms with Gasteiger partial charge in [0, 0.05) is 16.6 Å². The lowest BCUT2D eigenvalue weighted by molar-refractivity contribution is -0.141. The van der Waals surface area contributed by atoms with E-state index in [1.165, 1.54) is 13.8 Å². The Bertz CT molecular complexity index is 1060. The molecule has 0 spiro atoms. The molecule has 0 radical (unpaired) electrons. The zero-order valence-electron chi connectivity index (χ0n) is 14.3. The molecule has 140 valence electrons. The zero-order chi connectivity index (χ0) is 19.9. The number of nitrogen functional groups attached to an aromatic ring is 1. The van der Waals surface area contributed by atoms with Gasteiger partial charge in [-0.25, -0.2) is 4.98 Å². The molecule has 0 saturated heterocycles. The van der Waals surface area contributed by atoms with E-state index in [1.54, 1.807) is 24.3 Å². The maximum Gasteiger partial charge on any atom is 0.433 e. The molecule has 2 aromatic heterocycles. The van der Waals surface area contributed by atoms with Crippen molar-refractivity contribution in [2.75, 3.05) is 11.1 Å². The highest BCUT2D eigenvalue weighted by atomic mass is 32.1. The SMILES string of the molecule is CC(=O)c1ccc(NC(=O)c2sc3nc(C(F)(F)F)cc(C)c3c2N)cc1. The van der Waals surface area contributed by atoms with Crippen molar-refractivity contribution in [2.24, 2.45) is 0 Å². The normalized spacial score (nSPS) is 11.6. The number of Topliss-reactive ketones (excluding diaryl/α,β-unsaturated/α-hetero) is 1. The second-order valence-corrected chi connectivity index (χ2v) is 6.93. The Morgan fingerprint density at radius 1 is 1.19 bits per heavy atom. The third kappa shape index (κ3) is 3.63. The fraction of sp³-hybridized carbons (Fsp3) is 0.167. The van der Waals surface area contributed by atoms with E-state index in [2.05, 4.69) is 10.3 Å². The van der Waals surface area contributed by atoms with Gasteiger partial charge in [0.2, 0.25) is 0 Å². The molecule has 2 heterocycles. The number of amides is 1. The van der Waals surface area contributed by atoms with Gasteiger partial charge in [-0.3, -0.25) is 9.59 Å². The van der Waals surface area contributed by atoms with Crippen LogP contribution in [-0.2, 0) is 6.18 Å². The zero-order valence-corrected chi connectivity index (χ0v) is 15.1. The van der Waals surface area contributed by atoms with Crippen LogP contribution >= 0.6 is 11.3 Å². The Labute approximate surface area is 156 Å². The summed E-state index contributed by atoms with van der Waals surface area (Å²) in [6.07, 6.45) is -4.58. The van der Waals surface area contributed by atoms with Crippen molar-refractivity contribution < 1.29 is 22.8 Å². The Kier molecular flexibility index (Phi) is 4.64. The number of fused-ring (bicyclic) bond motifs is 1. The summed E-state index contributed by atoms with van der Waals surface area (Å²) in [7, 11) is 0. The number of hydrogen-bond donors (Lipinski definition) is 2. The molecule has 5 nitrogen and oxygen atoms in total. The van der Waals surface area contributed by atoms with Crippen LogP contribution in [0.4, 0.5) is 24.5 Å². The fourth-order valence-electron chi connectivity index (χ4n) is 2.60. The fourth-order valence-corrected chi connectivity index (χ4v) is 3.67. The van der Waals surface area contributed by atoms with Crippen LogP contribution in [0.5, 0.6) is 0 Å². The predicted molar refractivity (Wildman–Crippen MR) is 98.2 cm³/mol. The number of pyridine rings is 1. The average molecular weight is 393 g/mol. The van der Waals surface area contributed by atoms with E-state index >= 15 is 0 Å². The highest BCUT2D eigenvalue weighted by molar-refractivity contribution is 7.21. The van der Waals surface area contributed by atoms with Crippen LogP contribution in [0, 0.1) is 6.92 Å². The van der Waals surface area contributed by atoms with Gasteiger partial charge in [-0.1, -0.05) is 0 Å². The molecular formula is C18H14F3N3O2S. The molecule has 27 heavy (non-hydrogen) atoms. The van der Waals surface area contributed by atoms with Gasteiger partial charge in [0.05, 0.1) is 5.69 Å². The van der Waals surface area contributed by atoms with Gasteiger partial charge in [-0.15, -0.1) is 11.3 Å². The average Bonchev–Trinajstić information content (AvgIpc) is 2.92. The predicted octanol–water partition coefficient (Wildman–Crippen LogP) is 4.66. The van der Waals surface area contributed by atoms with Gasteiger partial charge in [-0.2, -0.15) is 13.2 Å². The van der Waals surface area contributed by atoms with E-state index < -0.39 is 17.8 Å². The molecule has 9 heteroatoms. The van der Waals surface area contributed by atoms with E-state index in [0.717, 1.165) is 17.4 Å². The third-order valence-corrected chi connectivity index (χ3v) is 5.04. The third-order valence-electron chi connectivity index (χ3n) is 3.94. The van der Waals surface area contributed by atoms with Crippen LogP contribution in [0.2, 0.25) is 0 Å². The highest BCUT2D eigenvalue weighted by Crippen LogP contribution is 2.38. The molecule has 0 fully saturated rings. The molecule has 0 saturated carbocycles. The van der Waals surface area contributed by atoms with Crippen LogP contribution < -0.4 is 11.1 Å². The number of carbonyl (C=O) groups is 2. The number of thiophene rings is 1. The van der Waals surface area contributed by atoms with Crippen molar-refractivity contribution in [3.05, 3.63) is 52.0 Å². The molecule has 3 aromatic rings. The second kappa shape index (κ2) is 6.66. The molecule has 0 aliphatic rings. The molecule has 0 bridgehead atoms. The lowest BCUT2D eigenvalue weighted by Gasteiger charge is -2.07. The van der Waals surface area contributed by atoms with E-state index in [4.69, 9.17) is 5.73 Å². The van der Waals surface area contributed by atoms with Gasteiger partial charge in [0.15, 0.2) is 5.78 Å². The minimum Gasteiger partial charge on any atom is -0.397 e. The first kappa shape index (κ1) is 18.8. The molecule has 0 unspecified atom stereocenters. The summed E-state index contributed by atoms with van der Waals surface area (Å²) in [5, 5.41) is 2.96. The van der Waals surface area contributed by atoms with Crippen LogP contribution in [0.25, 0.3) is 10.2 Å². The number of aryl methyl sites for hydroxylation is 1. The summed E-state index contributed by atoms with van der Waals surface area (Å²) in [5.74, 6) is -0.664. The van der Waals surface area contributed by atoms with Crippen molar-refractivity contribution in [2.45, 2.75) is 20.0 Å². The summed E-state index contributed by atoms with van der Waals surface area (Å²) >= 11 is 0.801. The Balaban J connectivity index is 1.96. The second-order valence-electron chi connectivity index (χ2n) is 5.93. The van der Waals surface area contributed by atoms with Gasteiger partial charge in [0.25, 0.3) is 5.91 Å². The maximum absolute atomic E-state index is 12.9. The van der Waals surface area contributed by atoms with Crippen LogP contribution in [-0.4, -0.2) is 16.7 Å². The van der Waals surface area contributed by atoms with Crippen molar-refractivity contribution in [3.8, 4) is 0 Å². The lowest BCUT2D eigenvalue weighted by atomic mass is 10.1. The molecular weight excluding hydrogens is 379 g/mol. The first-order chi connectivity index (χ1) is 12.6. The van der Waals surface area contributed by atoms with Gasteiger partial charge in [0.1, 0.15) is 15.4 Å². The van der Waals surface area contributed by atoms with Crippen LogP contribution in [0.15, 0.2) is 30.3 Å². The van der Waals surface area contributed by atoms with E-state index in [-0.39, 0.29) is 21.2 Å². The number of alkyl halides is 3. The smallest absolute Gasteiger partial charge is 0.397 e. The standard InChI is InChI=1S/C18H14F3N3O2S/c1-8-7-12(18(19,20)21)24-17-13(8)14(22)15(27-17)16(26)23-11-5-3-10(4-6-11)9(2)25/h3-7H,22H2,1-2H3,(H,23,26). The number of hydrogen-bond acceptors (Lipinski definition) is 5. The maximum atomic E-state index is 12.9. The molecule has 0 atom stereocenters. The van der Waals surface area contributed by atoms with Crippen LogP contribution in [0.1, 0.15) is 38.2 Å². The summed E-state index contributed by atoms with van der Waals surface area (Å²) in [6, 6.07) is 7.15. The molecule has 3 N–H and O–H groups in total. The Morgan fingerprint density at radius 2 is 1.81 bits per heavy atom.